The number of ether oxygens (including phenoxy) is 3. The summed E-state index contributed by atoms with van der Waals surface area (Å²) >= 11 is 0. The number of nitrogens with zero attached hydrogens (tertiary/aromatic N) is 1. The Balaban J connectivity index is 1.06. The van der Waals surface area contributed by atoms with Crippen LogP contribution in [0.1, 0.15) is 86.5 Å². The molecule has 1 aliphatic heterocycles. The van der Waals surface area contributed by atoms with Crippen LogP contribution >= 0.6 is 0 Å². The van der Waals surface area contributed by atoms with Crippen LogP contribution in [-0.4, -0.2) is 73.7 Å². The van der Waals surface area contributed by atoms with Crippen molar-refractivity contribution in [2.24, 2.45) is 5.41 Å². The van der Waals surface area contributed by atoms with Gasteiger partial charge in [-0.1, -0.05) is 0 Å². The molecule has 0 aromatic heterocycles. The molecule has 0 amide bonds. The first kappa shape index (κ1) is 24.4. The quantitative estimate of drug-likeness (QED) is 0.471. The zero-order valence-electron chi connectivity index (χ0n) is 20.6. The topological polar surface area (TPSA) is 43.0 Å². The second-order valence-corrected chi connectivity index (χ2v) is 12.2. The van der Waals surface area contributed by atoms with Crippen LogP contribution in [0, 0.1) is 5.41 Å². The zero-order chi connectivity index (χ0) is 21.8. The highest BCUT2D eigenvalue weighted by Gasteiger charge is 2.53. The molecule has 2 saturated carbocycles. The standard InChI is InChI=1S/C25H48N2O3/c1-23(2,3)26-20-14-21(15-20)29-13-8-7-11-28-12-9-10-27-18-25(19-27)16-22(17-25)30-24(4,5)6/h20-22,26H,7-19H2,1-6H3. The van der Waals surface area contributed by atoms with Crippen molar-refractivity contribution in [2.45, 2.75) is 116 Å². The SMILES string of the molecule is CC(C)(C)NC1CC(OCCCCOCCCN2CC3(CC(OC(C)(C)C)C3)C2)C1. The molecule has 3 fully saturated rings. The Morgan fingerprint density at radius 1 is 0.867 bits per heavy atom. The first-order valence-electron chi connectivity index (χ1n) is 12.4. The summed E-state index contributed by atoms with van der Waals surface area (Å²) in [5.41, 5.74) is 0.800. The van der Waals surface area contributed by atoms with Crippen LogP contribution in [-0.2, 0) is 14.2 Å². The number of rotatable bonds is 12. The molecule has 2 aliphatic carbocycles. The van der Waals surface area contributed by atoms with Gasteiger partial charge in [-0.15, -0.1) is 0 Å². The fourth-order valence-corrected chi connectivity index (χ4v) is 5.29. The van der Waals surface area contributed by atoms with Crippen molar-refractivity contribution < 1.29 is 14.2 Å². The average molecular weight is 425 g/mol. The molecule has 0 aromatic carbocycles. The summed E-state index contributed by atoms with van der Waals surface area (Å²) in [7, 11) is 0. The Labute approximate surface area is 185 Å². The molecule has 0 bridgehead atoms. The van der Waals surface area contributed by atoms with Gasteiger partial charge in [0.2, 0.25) is 0 Å². The van der Waals surface area contributed by atoms with E-state index in [0.717, 1.165) is 51.9 Å². The van der Waals surface area contributed by atoms with Crippen molar-refractivity contribution in [2.75, 3.05) is 39.5 Å². The highest BCUT2D eigenvalue weighted by Crippen LogP contribution is 2.50. The Morgan fingerprint density at radius 2 is 1.50 bits per heavy atom. The molecule has 0 atom stereocenters. The van der Waals surface area contributed by atoms with E-state index in [1.54, 1.807) is 0 Å². The van der Waals surface area contributed by atoms with Gasteiger partial charge in [0.25, 0.3) is 0 Å². The summed E-state index contributed by atoms with van der Waals surface area (Å²) in [6.45, 7) is 19.5. The van der Waals surface area contributed by atoms with Gasteiger partial charge in [-0.3, -0.25) is 0 Å². The van der Waals surface area contributed by atoms with Gasteiger partial charge in [0, 0.05) is 56.5 Å². The van der Waals surface area contributed by atoms with Gasteiger partial charge in [-0.25, -0.2) is 0 Å². The van der Waals surface area contributed by atoms with Gasteiger partial charge in [0.1, 0.15) is 0 Å². The van der Waals surface area contributed by atoms with Crippen LogP contribution in [0.4, 0.5) is 0 Å². The number of likely N-dealkylation sites (tertiary alicyclic amines) is 1. The molecule has 5 nitrogen and oxygen atoms in total. The third-order valence-electron chi connectivity index (χ3n) is 6.49. The van der Waals surface area contributed by atoms with Crippen molar-refractivity contribution in [3.05, 3.63) is 0 Å². The van der Waals surface area contributed by atoms with Crippen LogP contribution in [0.2, 0.25) is 0 Å². The van der Waals surface area contributed by atoms with Crippen LogP contribution in [0.3, 0.4) is 0 Å². The predicted octanol–water partition coefficient (Wildman–Crippen LogP) is 4.39. The van der Waals surface area contributed by atoms with Crippen LogP contribution in [0.25, 0.3) is 0 Å². The first-order chi connectivity index (χ1) is 14.0. The van der Waals surface area contributed by atoms with Gasteiger partial charge in [0.15, 0.2) is 0 Å². The molecule has 0 unspecified atom stereocenters. The van der Waals surface area contributed by atoms with E-state index in [4.69, 9.17) is 14.2 Å². The monoisotopic (exact) mass is 424 g/mol. The molecular weight excluding hydrogens is 376 g/mol. The Hall–Kier alpha value is -0.200. The van der Waals surface area contributed by atoms with Crippen LogP contribution in [0.15, 0.2) is 0 Å². The van der Waals surface area contributed by atoms with Crippen molar-refractivity contribution in [1.29, 1.82) is 0 Å². The van der Waals surface area contributed by atoms with E-state index in [0.29, 0.717) is 23.7 Å². The minimum absolute atomic E-state index is 0.00298. The molecule has 30 heavy (non-hydrogen) atoms. The molecule has 3 aliphatic rings. The van der Waals surface area contributed by atoms with E-state index in [1.807, 2.05) is 0 Å². The molecule has 0 radical (unpaired) electrons. The largest absolute Gasteiger partial charge is 0.381 e. The van der Waals surface area contributed by atoms with Gasteiger partial charge < -0.3 is 24.4 Å². The third kappa shape index (κ3) is 8.05. The zero-order valence-corrected chi connectivity index (χ0v) is 20.6. The van der Waals surface area contributed by atoms with Crippen molar-refractivity contribution in [1.82, 2.24) is 10.2 Å². The summed E-state index contributed by atoms with van der Waals surface area (Å²) < 4.78 is 17.9. The van der Waals surface area contributed by atoms with Crippen molar-refractivity contribution in [3.63, 3.8) is 0 Å². The summed E-state index contributed by atoms with van der Waals surface area (Å²) in [4.78, 5) is 2.59. The number of nitrogens with one attached hydrogen (secondary N) is 1. The number of unbranched alkanes of at least 4 members (excludes halogenated alkanes) is 1. The molecule has 176 valence electrons. The molecule has 1 saturated heterocycles. The van der Waals surface area contributed by atoms with Gasteiger partial charge in [-0.05, 0) is 86.5 Å². The van der Waals surface area contributed by atoms with Gasteiger partial charge in [0.05, 0.1) is 17.8 Å². The van der Waals surface area contributed by atoms with Gasteiger partial charge in [-0.2, -0.15) is 0 Å². The first-order valence-corrected chi connectivity index (χ1v) is 12.4. The van der Waals surface area contributed by atoms with Gasteiger partial charge >= 0.3 is 0 Å². The molecule has 0 aromatic rings. The normalized spacial score (nSPS) is 27.0. The summed E-state index contributed by atoms with van der Waals surface area (Å²) in [5.74, 6) is 0. The van der Waals surface area contributed by atoms with Crippen LogP contribution < -0.4 is 5.32 Å². The lowest BCUT2D eigenvalue weighted by Gasteiger charge is -2.59. The fraction of sp³-hybridized carbons (Fsp3) is 1.00. The Morgan fingerprint density at radius 3 is 2.13 bits per heavy atom. The van der Waals surface area contributed by atoms with E-state index in [1.165, 1.54) is 32.5 Å². The highest BCUT2D eigenvalue weighted by atomic mass is 16.5. The summed E-state index contributed by atoms with van der Waals surface area (Å²) in [6.07, 6.45) is 9.17. The minimum Gasteiger partial charge on any atom is -0.381 e. The van der Waals surface area contributed by atoms with E-state index < -0.39 is 0 Å². The smallest absolute Gasteiger partial charge is 0.0604 e. The van der Waals surface area contributed by atoms with E-state index in [2.05, 4.69) is 51.8 Å². The minimum atomic E-state index is 0.00298. The molecule has 1 N–H and O–H groups in total. The maximum absolute atomic E-state index is 6.09. The Kier molecular flexibility index (Phi) is 8.28. The lowest BCUT2D eigenvalue weighted by Crippen LogP contribution is -2.64. The Bertz CT molecular complexity index is 505. The van der Waals surface area contributed by atoms with Crippen molar-refractivity contribution >= 4 is 0 Å². The van der Waals surface area contributed by atoms with Crippen molar-refractivity contribution in [3.8, 4) is 0 Å². The molecule has 1 spiro atoms. The molecule has 5 heteroatoms. The maximum Gasteiger partial charge on any atom is 0.0604 e. The van der Waals surface area contributed by atoms with E-state index >= 15 is 0 Å². The molecular formula is C25H48N2O3. The van der Waals surface area contributed by atoms with E-state index in [-0.39, 0.29) is 11.1 Å². The lowest BCUT2D eigenvalue weighted by molar-refractivity contribution is -0.186. The summed E-state index contributed by atoms with van der Waals surface area (Å²) in [6, 6.07) is 0.641. The second-order valence-electron chi connectivity index (χ2n) is 12.2. The maximum atomic E-state index is 6.09. The number of hydrogen-bond acceptors (Lipinski definition) is 5. The highest BCUT2D eigenvalue weighted by molar-refractivity contribution is 5.05. The fourth-order valence-electron chi connectivity index (χ4n) is 5.29. The summed E-state index contributed by atoms with van der Waals surface area (Å²) in [5, 5.41) is 3.64. The number of hydrogen-bond donors (Lipinski definition) is 1. The molecule has 1 heterocycles. The third-order valence-corrected chi connectivity index (χ3v) is 6.49. The molecule has 3 rings (SSSR count). The predicted molar refractivity (Wildman–Crippen MR) is 123 cm³/mol. The average Bonchev–Trinajstić information content (AvgIpc) is 2.50. The lowest BCUT2D eigenvalue weighted by atomic mass is 9.61. The second kappa shape index (κ2) is 10.2. The van der Waals surface area contributed by atoms with Crippen LogP contribution in [0.5, 0.6) is 0 Å². The van der Waals surface area contributed by atoms with E-state index in [9.17, 15) is 0 Å².